The van der Waals surface area contributed by atoms with Gasteiger partial charge in [0.1, 0.15) is 11.9 Å². The molecule has 3 heterocycles. The monoisotopic (exact) mass is 367 g/mol. The van der Waals surface area contributed by atoms with Crippen molar-refractivity contribution in [1.82, 2.24) is 15.1 Å². The number of amides is 1. The van der Waals surface area contributed by atoms with Crippen LogP contribution in [0.3, 0.4) is 0 Å². The Bertz CT molecular complexity index is 883. The molecule has 3 atom stereocenters. The molecule has 6 heteroatoms. The number of aromatic nitrogens is 2. The predicted molar refractivity (Wildman–Crippen MR) is 101 cm³/mol. The van der Waals surface area contributed by atoms with Gasteiger partial charge in [-0.05, 0) is 62.4 Å². The number of carbonyl (C=O) groups is 1. The molecule has 0 aliphatic carbocycles. The van der Waals surface area contributed by atoms with Gasteiger partial charge >= 0.3 is 0 Å². The summed E-state index contributed by atoms with van der Waals surface area (Å²) in [4.78, 5) is 13.9. The maximum Gasteiger partial charge on any atom is 0.222 e. The number of phenols is 1. The van der Waals surface area contributed by atoms with Gasteiger partial charge in [-0.1, -0.05) is 6.07 Å². The van der Waals surface area contributed by atoms with E-state index in [2.05, 4.69) is 10.2 Å². The van der Waals surface area contributed by atoms with E-state index in [0.717, 1.165) is 30.4 Å². The van der Waals surface area contributed by atoms with Gasteiger partial charge in [-0.25, -0.2) is 0 Å². The molecule has 2 saturated heterocycles. The molecule has 0 radical (unpaired) electrons. The quantitative estimate of drug-likeness (QED) is 0.871. The van der Waals surface area contributed by atoms with E-state index in [0.29, 0.717) is 36.0 Å². The van der Waals surface area contributed by atoms with Gasteiger partial charge in [-0.3, -0.25) is 4.79 Å². The molecule has 0 bridgehead atoms. The number of rotatable bonds is 3. The van der Waals surface area contributed by atoms with Crippen molar-refractivity contribution in [3.05, 3.63) is 41.1 Å². The number of hydrogen-bond donors (Lipinski definition) is 2. The average molecular weight is 367 g/mol. The van der Waals surface area contributed by atoms with E-state index in [-0.39, 0.29) is 17.6 Å². The number of hydrogen-bond acceptors (Lipinski definition) is 5. The first kappa shape index (κ1) is 17.9. The highest BCUT2D eigenvalue weighted by Crippen LogP contribution is 2.37. The fraction of sp³-hybridized carbons (Fsp3) is 0.476. The molecule has 1 unspecified atom stereocenters. The second-order valence-corrected chi connectivity index (χ2v) is 7.84. The molecule has 1 amide bonds. The molecule has 4 rings (SSSR count). The number of aryl methyl sites for hydroxylation is 2. The highest BCUT2D eigenvalue weighted by atomic mass is 16.3. The number of benzene rings is 1. The van der Waals surface area contributed by atoms with Crippen LogP contribution in [0.4, 0.5) is 0 Å². The maximum atomic E-state index is 12.0. The molecule has 1 aromatic heterocycles. The summed E-state index contributed by atoms with van der Waals surface area (Å²) < 4.78 is 0. The Labute approximate surface area is 158 Å². The second-order valence-electron chi connectivity index (χ2n) is 7.84. The molecule has 1 aromatic carbocycles. The van der Waals surface area contributed by atoms with Crippen LogP contribution in [0.15, 0.2) is 24.3 Å². The second kappa shape index (κ2) is 6.93. The molecular formula is C21H25N3O3. The van der Waals surface area contributed by atoms with Crippen LogP contribution in [-0.2, 0) is 4.79 Å². The van der Waals surface area contributed by atoms with Crippen LogP contribution in [-0.4, -0.2) is 43.8 Å². The topological polar surface area (TPSA) is 86.6 Å². The number of nitrogens with zero attached hydrogens (tertiary/aromatic N) is 3. The molecule has 6 nitrogen and oxygen atoms in total. The van der Waals surface area contributed by atoms with Crippen molar-refractivity contribution >= 4 is 5.91 Å². The molecule has 142 valence electrons. The Morgan fingerprint density at radius 2 is 1.96 bits per heavy atom. The van der Waals surface area contributed by atoms with Crippen LogP contribution in [0.2, 0.25) is 0 Å². The van der Waals surface area contributed by atoms with E-state index in [4.69, 9.17) is 0 Å². The number of carbonyl (C=O) groups excluding carboxylic acids is 1. The van der Waals surface area contributed by atoms with Crippen molar-refractivity contribution in [3.63, 3.8) is 0 Å². The van der Waals surface area contributed by atoms with Crippen LogP contribution in [0, 0.1) is 19.8 Å². The first-order chi connectivity index (χ1) is 12.9. The third-order valence-electron chi connectivity index (χ3n) is 5.92. The summed E-state index contributed by atoms with van der Waals surface area (Å²) in [5.41, 5.74) is 3.60. The first-order valence-electron chi connectivity index (χ1n) is 9.56. The lowest BCUT2D eigenvalue weighted by atomic mass is 9.87. The highest BCUT2D eigenvalue weighted by molar-refractivity contribution is 5.78. The van der Waals surface area contributed by atoms with Crippen LogP contribution in [0.1, 0.15) is 48.6 Å². The van der Waals surface area contributed by atoms with Gasteiger partial charge in [0.05, 0.1) is 11.4 Å². The van der Waals surface area contributed by atoms with Crippen molar-refractivity contribution in [2.24, 2.45) is 5.92 Å². The van der Waals surface area contributed by atoms with Crippen molar-refractivity contribution in [1.29, 1.82) is 0 Å². The van der Waals surface area contributed by atoms with E-state index >= 15 is 0 Å². The predicted octanol–water partition coefficient (Wildman–Crippen LogP) is 2.90. The zero-order chi connectivity index (χ0) is 19.1. The molecule has 2 aliphatic heterocycles. The molecule has 27 heavy (non-hydrogen) atoms. The molecule has 0 spiro atoms. The van der Waals surface area contributed by atoms with Crippen molar-refractivity contribution in [3.8, 4) is 17.0 Å². The highest BCUT2D eigenvalue weighted by Gasteiger charge is 2.39. The zero-order valence-electron chi connectivity index (χ0n) is 15.7. The van der Waals surface area contributed by atoms with E-state index in [1.165, 1.54) is 0 Å². The summed E-state index contributed by atoms with van der Waals surface area (Å²) in [5.74, 6) is 0.353. The Balaban J connectivity index is 1.56. The van der Waals surface area contributed by atoms with Crippen LogP contribution < -0.4 is 0 Å². The van der Waals surface area contributed by atoms with Crippen LogP contribution in [0.25, 0.3) is 11.3 Å². The normalized spacial score (nSPS) is 23.4. The van der Waals surface area contributed by atoms with Crippen LogP contribution in [0.5, 0.6) is 5.75 Å². The smallest absolute Gasteiger partial charge is 0.222 e. The van der Waals surface area contributed by atoms with Gasteiger partial charge in [-0.15, -0.1) is 5.10 Å². The summed E-state index contributed by atoms with van der Waals surface area (Å²) in [6.45, 7) is 4.41. The van der Waals surface area contributed by atoms with Gasteiger partial charge < -0.3 is 15.1 Å². The molecular weight excluding hydrogens is 342 g/mol. The van der Waals surface area contributed by atoms with Gasteiger partial charge in [0, 0.05) is 30.5 Å². The van der Waals surface area contributed by atoms with Crippen molar-refractivity contribution in [2.75, 3.05) is 6.54 Å². The van der Waals surface area contributed by atoms with Crippen LogP contribution >= 0.6 is 0 Å². The summed E-state index contributed by atoms with van der Waals surface area (Å²) in [7, 11) is 0. The minimum atomic E-state index is -0.744. The van der Waals surface area contributed by atoms with Gasteiger partial charge in [-0.2, -0.15) is 5.10 Å². The fourth-order valence-corrected chi connectivity index (χ4v) is 4.35. The Morgan fingerprint density at radius 1 is 1.15 bits per heavy atom. The molecule has 2 aromatic rings. The zero-order valence-corrected chi connectivity index (χ0v) is 15.7. The standard InChI is InChI=1S/C21H25N3O3/c1-12-3-7-16(18(25)9-12)20-13(2)10-17(22-23-20)21(27)14-4-5-15-6-8-19(26)24(15)11-14/h3,7,9-10,14-15,21,25,27H,4-6,8,11H2,1-2H3/t14-,15+,21?/m1/s1. The van der Waals surface area contributed by atoms with E-state index in [1.54, 1.807) is 6.07 Å². The number of piperidine rings is 1. The minimum Gasteiger partial charge on any atom is -0.507 e. The van der Waals surface area contributed by atoms with E-state index in [1.807, 2.05) is 36.9 Å². The lowest BCUT2D eigenvalue weighted by molar-refractivity contribution is -0.131. The maximum absolute atomic E-state index is 12.0. The van der Waals surface area contributed by atoms with E-state index in [9.17, 15) is 15.0 Å². The number of aliphatic hydroxyl groups is 1. The minimum absolute atomic E-state index is 0.0179. The first-order valence-corrected chi connectivity index (χ1v) is 9.56. The van der Waals surface area contributed by atoms with Crippen molar-refractivity contribution < 1.29 is 15.0 Å². The molecule has 2 fully saturated rings. The Morgan fingerprint density at radius 3 is 2.70 bits per heavy atom. The lowest BCUT2D eigenvalue weighted by Gasteiger charge is -2.37. The molecule has 2 aliphatic rings. The summed E-state index contributed by atoms with van der Waals surface area (Å²) in [5, 5.41) is 29.6. The van der Waals surface area contributed by atoms with Gasteiger partial charge in [0.2, 0.25) is 5.91 Å². The fourth-order valence-electron chi connectivity index (χ4n) is 4.35. The summed E-state index contributed by atoms with van der Waals surface area (Å²) in [6.07, 6.45) is 2.65. The third kappa shape index (κ3) is 3.30. The van der Waals surface area contributed by atoms with Gasteiger partial charge in [0.25, 0.3) is 0 Å². The number of aliphatic hydroxyl groups excluding tert-OH is 1. The Kier molecular flexibility index (Phi) is 4.60. The van der Waals surface area contributed by atoms with Gasteiger partial charge in [0.15, 0.2) is 0 Å². The summed E-state index contributed by atoms with van der Waals surface area (Å²) in [6, 6.07) is 7.64. The number of fused-ring (bicyclic) bond motifs is 1. The number of aromatic hydroxyl groups is 1. The average Bonchev–Trinajstić information content (AvgIpc) is 3.02. The SMILES string of the molecule is Cc1ccc(-c2nnc(C(O)[C@@H]3CC[C@H]4CCC(=O)N4C3)cc2C)c(O)c1. The lowest BCUT2D eigenvalue weighted by Crippen LogP contribution is -2.43. The third-order valence-corrected chi connectivity index (χ3v) is 5.92. The summed E-state index contributed by atoms with van der Waals surface area (Å²) >= 11 is 0. The van der Waals surface area contributed by atoms with Crippen molar-refractivity contribution in [2.45, 2.75) is 51.7 Å². The largest absolute Gasteiger partial charge is 0.507 e. The Hall–Kier alpha value is -2.47. The number of phenolic OH excluding ortho intramolecular Hbond substituents is 1. The molecule has 2 N–H and O–H groups in total. The molecule has 0 saturated carbocycles. The van der Waals surface area contributed by atoms with E-state index < -0.39 is 6.10 Å².